The fourth-order valence-corrected chi connectivity index (χ4v) is 1.70. The Labute approximate surface area is 101 Å². The van der Waals surface area contributed by atoms with Crippen molar-refractivity contribution in [3.05, 3.63) is 53.7 Å². The Morgan fingerprint density at radius 1 is 1.41 bits per heavy atom. The number of rotatable bonds is 2. The fraction of sp³-hybridized carbons (Fsp3) is 0.214. The van der Waals surface area contributed by atoms with Gasteiger partial charge in [0.1, 0.15) is 11.5 Å². The van der Waals surface area contributed by atoms with Crippen LogP contribution in [0.25, 0.3) is 5.57 Å². The van der Waals surface area contributed by atoms with Crippen LogP contribution >= 0.6 is 0 Å². The summed E-state index contributed by atoms with van der Waals surface area (Å²) < 4.78 is 5.57. The zero-order valence-electron chi connectivity index (χ0n) is 9.99. The molecule has 0 aliphatic heterocycles. The highest BCUT2D eigenvalue weighted by Gasteiger charge is 2.07. The maximum atomic E-state index is 11.0. The summed E-state index contributed by atoms with van der Waals surface area (Å²) in [6.45, 7) is 3.42. The predicted octanol–water partition coefficient (Wildman–Crippen LogP) is 2.95. The summed E-state index contributed by atoms with van der Waals surface area (Å²) in [5, 5.41) is 2.79. The minimum Gasteiger partial charge on any atom is -0.461 e. The lowest BCUT2D eigenvalue weighted by molar-refractivity contribution is -0.118. The Hall–Kier alpha value is -2.03. The second kappa shape index (κ2) is 4.87. The molecule has 88 valence electrons. The van der Waals surface area contributed by atoms with Gasteiger partial charge in [-0.2, -0.15) is 0 Å². The van der Waals surface area contributed by atoms with E-state index in [1.54, 1.807) is 0 Å². The van der Waals surface area contributed by atoms with Gasteiger partial charge in [-0.1, -0.05) is 18.2 Å². The molecule has 1 heterocycles. The highest BCUT2D eigenvalue weighted by molar-refractivity contribution is 5.79. The average Bonchev–Trinajstić information content (AvgIpc) is 2.55. The number of allylic oxidation sites excluding steroid dienone is 5. The van der Waals surface area contributed by atoms with Crippen LogP contribution in [-0.2, 0) is 4.79 Å². The SMILES string of the molecule is CC(=O)NC1=CCC=CC(c2ccc(C)o2)=C1. The highest BCUT2D eigenvalue weighted by Crippen LogP contribution is 2.22. The third kappa shape index (κ3) is 2.97. The van der Waals surface area contributed by atoms with E-state index in [-0.39, 0.29) is 5.91 Å². The molecule has 0 radical (unpaired) electrons. The van der Waals surface area contributed by atoms with Gasteiger partial charge in [0, 0.05) is 18.2 Å². The number of nitrogens with one attached hydrogen (secondary N) is 1. The molecule has 0 unspecified atom stereocenters. The second-order valence-electron chi connectivity index (χ2n) is 3.99. The summed E-state index contributed by atoms with van der Waals surface area (Å²) in [5.41, 5.74) is 1.78. The first-order valence-electron chi connectivity index (χ1n) is 5.58. The van der Waals surface area contributed by atoms with Crippen LogP contribution in [0, 0.1) is 6.92 Å². The minimum atomic E-state index is -0.0654. The number of aryl methyl sites for hydroxylation is 1. The normalized spacial score (nSPS) is 14.9. The Kier molecular flexibility index (Phi) is 3.28. The van der Waals surface area contributed by atoms with E-state index >= 15 is 0 Å². The van der Waals surface area contributed by atoms with Gasteiger partial charge in [0.15, 0.2) is 0 Å². The third-order valence-corrected chi connectivity index (χ3v) is 2.43. The molecule has 0 aromatic carbocycles. The minimum absolute atomic E-state index is 0.0654. The van der Waals surface area contributed by atoms with Crippen molar-refractivity contribution in [1.29, 1.82) is 0 Å². The zero-order valence-corrected chi connectivity index (χ0v) is 9.99. The summed E-state index contributed by atoms with van der Waals surface area (Å²) in [6.07, 6.45) is 8.74. The van der Waals surface area contributed by atoms with Crippen molar-refractivity contribution in [2.75, 3.05) is 0 Å². The van der Waals surface area contributed by atoms with E-state index in [2.05, 4.69) is 5.32 Å². The number of furan rings is 1. The van der Waals surface area contributed by atoms with Crippen molar-refractivity contribution in [2.45, 2.75) is 20.3 Å². The first-order valence-corrected chi connectivity index (χ1v) is 5.58. The number of carbonyl (C=O) groups excluding carboxylic acids is 1. The van der Waals surface area contributed by atoms with E-state index < -0.39 is 0 Å². The van der Waals surface area contributed by atoms with Crippen LogP contribution in [0.15, 0.2) is 46.6 Å². The van der Waals surface area contributed by atoms with Gasteiger partial charge in [-0.25, -0.2) is 0 Å². The Morgan fingerprint density at radius 3 is 2.88 bits per heavy atom. The Bertz CT molecular complexity index is 518. The van der Waals surface area contributed by atoms with E-state index in [1.807, 2.05) is 43.4 Å². The molecule has 17 heavy (non-hydrogen) atoms. The lowest BCUT2D eigenvalue weighted by Crippen LogP contribution is -2.17. The molecular formula is C14H15NO2. The Balaban J connectivity index is 2.29. The summed E-state index contributed by atoms with van der Waals surface area (Å²) in [6, 6.07) is 3.86. The van der Waals surface area contributed by atoms with Gasteiger partial charge in [-0.15, -0.1) is 0 Å². The molecule has 0 spiro atoms. The zero-order chi connectivity index (χ0) is 12.3. The first-order chi connectivity index (χ1) is 8.15. The molecule has 2 rings (SSSR count). The number of carbonyl (C=O) groups is 1. The van der Waals surface area contributed by atoms with Gasteiger partial charge in [0.05, 0.1) is 0 Å². The quantitative estimate of drug-likeness (QED) is 0.847. The molecule has 1 aliphatic rings. The van der Waals surface area contributed by atoms with Crippen molar-refractivity contribution in [2.24, 2.45) is 0 Å². The summed E-state index contributed by atoms with van der Waals surface area (Å²) in [4.78, 5) is 11.0. The van der Waals surface area contributed by atoms with Gasteiger partial charge < -0.3 is 9.73 Å². The standard InChI is InChI=1S/C14H15NO2/c1-10-7-8-14(17-10)12-5-3-4-6-13(9-12)15-11(2)16/h3,5-9H,4H2,1-2H3,(H,15,16). The second-order valence-corrected chi connectivity index (χ2v) is 3.99. The predicted molar refractivity (Wildman–Crippen MR) is 67.1 cm³/mol. The largest absolute Gasteiger partial charge is 0.461 e. The molecule has 0 atom stereocenters. The lowest BCUT2D eigenvalue weighted by Gasteiger charge is -2.03. The first kappa shape index (κ1) is 11.5. The molecule has 1 aromatic rings. The molecular weight excluding hydrogens is 214 g/mol. The molecule has 1 aliphatic carbocycles. The fourth-order valence-electron chi connectivity index (χ4n) is 1.70. The molecule has 3 heteroatoms. The van der Waals surface area contributed by atoms with Crippen molar-refractivity contribution < 1.29 is 9.21 Å². The lowest BCUT2D eigenvalue weighted by atomic mass is 10.1. The van der Waals surface area contributed by atoms with Crippen molar-refractivity contribution >= 4 is 11.5 Å². The molecule has 0 fully saturated rings. The van der Waals surface area contributed by atoms with E-state index in [4.69, 9.17) is 4.42 Å². The van der Waals surface area contributed by atoms with Gasteiger partial charge in [-0.05, 0) is 31.6 Å². The summed E-state index contributed by atoms with van der Waals surface area (Å²) in [5.74, 6) is 1.63. The van der Waals surface area contributed by atoms with Gasteiger partial charge >= 0.3 is 0 Å². The van der Waals surface area contributed by atoms with Gasteiger partial charge in [0.2, 0.25) is 5.91 Å². The maximum absolute atomic E-state index is 11.0. The van der Waals surface area contributed by atoms with Crippen LogP contribution in [0.2, 0.25) is 0 Å². The Morgan fingerprint density at radius 2 is 2.24 bits per heavy atom. The van der Waals surface area contributed by atoms with E-state index in [1.165, 1.54) is 6.92 Å². The molecule has 0 bridgehead atoms. The van der Waals surface area contributed by atoms with Crippen LogP contribution < -0.4 is 5.32 Å². The summed E-state index contributed by atoms with van der Waals surface area (Å²) >= 11 is 0. The van der Waals surface area contributed by atoms with Crippen molar-refractivity contribution in [3.8, 4) is 0 Å². The molecule has 0 saturated carbocycles. The molecule has 3 nitrogen and oxygen atoms in total. The van der Waals surface area contributed by atoms with Crippen LogP contribution in [-0.4, -0.2) is 5.91 Å². The third-order valence-electron chi connectivity index (χ3n) is 2.43. The molecule has 0 saturated heterocycles. The van der Waals surface area contributed by atoms with E-state index in [9.17, 15) is 4.79 Å². The van der Waals surface area contributed by atoms with Gasteiger partial charge in [-0.3, -0.25) is 4.79 Å². The summed E-state index contributed by atoms with van der Waals surface area (Å²) in [7, 11) is 0. The van der Waals surface area contributed by atoms with Crippen LogP contribution in [0.1, 0.15) is 24.9 Å². The van der Waals surface area contributed by atoms with Crippen LogP contribution in [0.5, 0.6) is 0 Å². The van der Waals surface area contributed by atoms with Crippen molar-refractivity contribution in [3.63, 3.8) is 0 Å². The molecule has 1 aromatic heterocycles. The maximum Gasteiger partial charge on any atom is 0.221 e. The van der Waals surface area contributed by atoms with Crippen molar-refractivity contribution in [1.82, 2.24) is 5.32 Å². The van der Waals surface area contributed by atoms with Crippen LogP contribution in [0.3, 0.4) is 0 Å². The number of amides is 1. The smallest absolute Gasteiger partial charge is 0.221 e. The average molecular weight is 229 g/mol. The monoisotopic (exact) mass is 229 g/mol. The van der Waals surface area contributed by atoms with Crippen LogP contribution in [0.4, 0.5) is 0 Å². The van der Waals surface area contributed by atoms with E-state index in [0.29, 0.717) is 0 Å². The number of hydrogen-bond donors (Lipinski definition) is 1. The van der Waals surface area contributed by atoms with Gasteiger partial charge in [0.25, 0.3) is 0 Å². The topological polar surface area (TPSA) is 42.2 Å². The molecule has 1 N–H and O–H groups in total. The van der Waals surface area contributed by atoms with E-state index in [0.717, 1.165) is 29.2 Å². The highest BCUT2D eigenvalue weighted by atomic mass is 16.3. The number of hydrogen-bond acceptors (Lipinski definition) is 2. The molecule has 1 amide bonds.